The van der Waals surface area contributed by atoms with E-state index in [0.717, 1.165) is 18.4 Å². The van der Waals surface area contributed by atoms with Gasteiger partial charge in [0.25, 0.3) is 0 Å². The van der Waals surface area contributed by atoms with Gasteiger partial charge in [0.2, 0.25) is 0 Å². The molecule has 1 fully saturated rings. The van der Waals surface area contributed by atoms with Gasteiger partial charge in [-0.05, 0) is 25.3 Å². The van der Waals surface area contributed by atoms with Gasteiger partial charge < -0.3 is 14.2 Å². The third-order valence-electron chi connectivity index (χ3n) is 5.37. The molecule has 1 saturated heterocycles. The van der Waals surface area contributed by atoms with Crippen LogP contribution in [0.1, 0.15) is 33.1 Å². The summed E-state index contributed by atoms with van der Waals surface area (Å²) in [5, 5.41) is 0. The van der Waals surface area contributed by atoms with Crippen molar-refractivity contribution in [3.63, 3.8) is 0 Å². The lowest BCUT2D eigenvalue weighted by Gasteiger charge is -2.30. The molecule has 0 aromatic rings. The lowest BCUT2D eigenvalue weighted by atomic mass is 9.70. The minimum Gasteiger partial charge on any atom is -0.466 e. The van der Waals surface area contributed by atoms with E-state index in [9.17, 15) is 14.4 Å². The molecule has 0 radical (unpaired) electrons. The lowest BCUT2D eigenvalue weighted by molar-refractivity contribution is -0.140. The highest BCUT2D eigenvalue weighted by Crippen LogP contribution is 2.58. The zero-order chi connectivity index (χ0) is 17.6. The van der Waals surface area contributed by atoms with E-state index in [4.69, 9.17) is 14.2 Å². The number of hydrogen-bond donors (Lipinski definition) is 0. The molecule has 0 aromatic heterocycles. The van der Waals surface area contributed by atoms with Crippen LogP contribution in [0.4, 0.5) is 0 Å². The molecule has 0 N–H and O–H groups in total. The Labute approximate surface area is 140 Å². The Morgan fingerprint density at radius 3 is 2.50 bits per heavy atom. The van der Waals surface area contributed by atoms with Gasteiger partial charge in [0.05, 0.1) is 31.3 Å². The normalized spacial score (nSPS) is 33.6. The maximum atomic E-state index is 12.8. The van der Waals surface area contributed by atoms with E-state index in [1.54, 1.807) is 6.92 Å². The van der Waals surface area contributed by atoms with Crippen LogP contribution in [0.15, 0.2) is 22.8 Å². The predicted octanol–water partition coefficient (Wildman–Crippen LogP) is 1.73. The minimum atomic E-state index is -1.03. The van der Waals surface area contributed by atoms with Crippen LogP contribution in [-0.4, -0.2) is 43.6 Å². The molecule has 2 heterocycles. The Balaban J connectivity index is 2.05. The fourth-order valence-electron chi connectivity index (χ4n) is 4.21. The summed E-state index contributed by atoms with van der Waals surface area (Å²) in [5.41, 5.74) is 0.0625. The number of allylic oxidation sites excluding steroid dienone is 1. The number of methoxy groups -OCH3 is 2. The molecule has 2 bridgehead atoms. The van der Waals surface area contributed by atoms with Crippen molar-refractivity contribution in [1.29, 1.82) is 0 Å². The van der Waals surface area contributed by atoms with Gasteiger partial charge in [-0.3, -0.25) is 4.79 Å². The number of unbranched alkanes of at least 4 members (excludes halogenated alkanes) is 1. The number of carbonyl (C=O) groups excluding carboxylic acids is 3. The average Bonchev–Trinajstić information content (AvgIpc) is 3.16. The summed E-state index contributed by atoms with van der Waals surface area (Å²) in [4.78, 5) is 37.3. The smallest absolute Gasteiger partial charge is 0.337 e. The highest BCUT2D eigenvalue weighted by Gasteiger charge is 2.67. The van der Waals surface area contributed by atoms with E-state index in [1.807, 2.05) is 6.08 Å². The summed E-state index contributed by atoms with van der Waals surface area (Å²) in [6.45, 7) is 3.82. The van der Waals surface area contributed by atoms with Gasteiger partial charge in [-0.25, -0.2) is 9.59 Å². The number of Topliss-reactive ketones (excluding diaryl/α,β-unsaturated/α-hetero) is 1. The Hall–Kier alpha value is -1.95. The summed E-state index contributed by atoms with van der Waals surface area (Å²) < 4.78 is 15.7. The SMILES string of the molecule is CCCCC1=C[C@@H]2[C@H](C1=O)[C@@H]1O[C@@]2(C)C(C(=O)OC)=C1C(=O)OC. The first-order chi connectivity index (χ1) is 11.4. The Morgan fingerprint density at radius 2 is 1.92 bits per heavy atom. The van der Waals surface area contributed by atoms with Crippen molar-refractivity contribution in [2.24, 2.45) is 11.8 Å². The molecule has 0 amide bonds. The van der Waals surface area contributed by atoms with Gasteiger partial charge >= 0.3 is 11.9 Å². The molecular weight excluding hydrogens is 312 g/mol. The number of ether oxygens (including phenoxy) is 3. The minimum absolute atomic E-state index is 0.0208. The number of ketones is 1. The van der Waals surface area contributed by atoms with Gasteiger partial charge in [0, 0.05) is 5.92 Å². The quantitative estimate of drug-likeness (QED) is 0.713. The largest absolute Gasteiger partial charge is 0.466 e. The first kappa shape index (κ1) is 16.9. The molecule has 3 aliphatic rings. The van der Waals surface area contributed by atoms with E-state index in [1.165, 1.54) is 14.2 Å². The monoisotopic (exact) mass is 334 g/mol. The third-order valence-corrected chi connectivity index (χ3v) is 5.37. The Morgan fingerprint density at radius 1 is 1.25 bits per heavy atom. The van der Waals surface area contributed by atoms with Crippen LogP contribution >= 0.6 is 0 Å². The predicted molar refractivity (Wildman–Crippen MR) is 83.9 cm³/mol. The number of hydrogen-bond acceptors (Lipinski definition) is 6. The van der Waals surface area contributed by atoms with Crippen LogP contribution in [0, 0.1) is 11.8 Å². The van der Waals surface area contributed by atoms with Crippen LogP contribution in [0.25, 0.3) is 0 Å². The number of esters is 2. The molecule has 6 heteroatoms. The van der Waals surface area contributed by atoms with Gasteiger partial charge in [-0.1, -0.05) is 19.4 Å². The fraction of sp³-hybridized carbons (Fsp3) is 0.611. The summed E-state index contributed by atoms with van der Waals surface area (Å²) in [5.74, 6) is -1.93. The number of fused-ring (bicyclic) bond motifs is 5. The second kappa shape index (κ2) is 5.84. The van der Waals surface area contributed by atoms with Crippen molar-refractivity contribution in [1.82, 2.24) is 0 Å². The van der Waals surface area contributed by atoms with E-state index >= 15 is 0 Å². The first-order valence-electron chi connectivity index (χ1n) is 8.24. The van der Waals surface area contributed by atoms with Gasteiger partial charge in [0.15, 0.2) is 5.78 Å². The van der Waals surface area contributed by atoms with Gasteiger partial charge in [-0.2, -0.15) is 0 Å². The second-order valence-corrected chi connectivity index (χ2v) is 6.63. The van der Waals surface area contributed by atoms with E-state index in [0.29, 0.717) is 6.42 Å². The van der Waals surface area contributed by atoms with Crippen LogP contribution in [0.3, 0.4) is 0 Å². The highest BCUT2D eigenvalue weighted by molar-refractivity contribution is 6.09. The standard InChI is InChI=1S/C18H22O6/c1-5-6-7-9-8-10-11(14(9)19)15-12(16(20)22-3)13(17(21)23-4)18(10,2)24-15/h8,10-11,15H,5-7H2,1-4H3/t10-,11-,15+,18-/m1/s1. The van der Waals surface area contributed by atoms with Gasteiger partial charge in [-0.15, -0.1) is 0 Å². The Bertz CT molecular complexity index is 673. The highest BCUT2D eigenvalue weighted by atomic mass is 16.6. The van der Waals surface area contributed by atoms with Crippen LogP contribution in [0.5, 0.6) is 0 Å². The van der Waals surface area contributed by atoms with Crippen LogP contribution < -0.4 is 0 Å². The summed E-state index contributed by atoms with van der Waals surface area (Å²) >= 11 is 0. The average molecular weight is 334 g/mol. The number of rotatable bonds is 5. The Kier molecular flexibility index (Phi) is 4.11. The molecule has 0 spiro atoms. The van der Waals surface area contributed by atoms with Gasteiger partial charge in [0.1, 0.15) is 11.7 Å². The first-order valence-corrected chi connectivity index (χ1v) is 8.24. The molecule has 0 unspecified atom stereocenters. The maximum Gasteiger partial charge on any atom is 0.337 e. The molecule has 3 rings (SSSR count). The molecule has 0 aromatic carbocycles. The third kappa shape index (κ3) is 2.09. The second-order valence-electron chi connectivity index (χ2n) is 6.63. The zero-order valence-corrected chi connectivity index (χ0v) is 14.4. The van der Waals surface area contributed by atoms with Crippen LogP contribution in [0.2, 0.25) is 0 Å². The lowest BCUT2D eigenvalue weighted by Crippen LogP contribution is -2.41. The van der Waals surface area contributed by atoms with Crippen molar-refractivity contribution >= 4 is 17.7 Å². The summed E-state index contributed by atoms with van der Waals surface area (Å²) in [7, 11) is 2.51. The molecule has 4 atom stereocenters. The van der Waals surface area contributed by atoms with Crippen LogP contribution in [-0.2, 0) is 28.6 Å². The summed E-state index contributed by atoms with van der Waals surface area (Å²) in [6.07, 6.45) is 3.83. The molecule has 2 aliphatic heterocycles. The van der Waals surface area contributed by atoms with Crippen molar-refractivity contribution in [2.45, 2.75) is 44.8 Å². The molecule has 0 saturated carbocycles. The van der Waals surface area contributed by atoms with E-state index in [2.05, 4.69) is 6.92 Å². The molecule has 24 heavy (non-hydrogen) atoms. The van der Waals surface area contributed by atoms with Crippen molar-refractivity contribution in [2.75, 3.05) is 14.2 Å². The molecule has 6 nitrogen and oxygen atoms in total. The zero-order valence-electron chi connectivity index (χ0n) is 14.4. The molecule has 1 aliphatic carbocycles. The topological polar surface area (TPSA) is 78.9 Å². The molecule has 130 valence electrons. The summed E-state index contributed by atoms with van der Waals surface area (Å²) in [6, 6.07) is 0. The van der Waals surface area contributed by atoms with E-state index < -0.39 is 29.6 Å². The van der Waals surface area contributed by atoms with Crippen molar-refractivity contribution in [3.05, 3.63) is 22.8 Å². The van der Waals surface area contributed by atoms with E-state index in [-0.39, 0.29) is 22.8 Å². The number of carbonyl (C=O) groups is 3. The molecular formula is C18H22O6. The van der Waals surface area contributed by atoms with Crippen molar-refractivity contribution in [3.8, 4) is 0 Å². The van der Waals surface area contributed by atoms with Crippen molar-refractivity contribution < 1.29 is 28.6 Å². The maximum absolute atomic E-state index is 12.8. The fourth-order valence-corrected chi connectivity index (χ4v) is 4.21.